The van der Waals surface area contributed by atoms with Gasteiger partial charge in [-0.2, -0.15) is 0 Å². The van der Waals surface area contributed by atoms with Gasteiger partial charge in [-0.1, -0.05) is 74.3 Å². The third-order valence-corrected chi connectivity index (χ3v) is 3.76. The fourth-order valence-corrected chi connectivity index (χ4v) is 2.27. The maximum Gasteiger partial charge on any atom is 0.280 e. The lowest BCUT2D eigenvalue weighted by Crippen LogP contribution is -2.04. The van der Waals surface area contributed by atoms with Gasteiger partial charge in [0.25, 0.3) is 5.69 Å². The Morgan fingerprint density at radius 1 is 0.870 bits per heavy atom. The molecule has 0 aliphatic carbocycles. The molecule has 0 atom stereocenters. The van der Waals surface area contributed by atoms with Crippen LogP contribution in [0.1, 0.15) is 20.7 Å². The summed E-state index contributed by atoms with van der Waals surface area (Å²) in [7, 11) is 0. The highest BCUT2D eigenvalue weighted by atomic mass is 79.9. The van der Waals surface area contributed by atoms with E-state index in [-0.39, 0.29) is 28.1 Å². The Morgan fingerprint density at radius 3 is 1.91 bits per heavy atom. The van der Waals surface area contributed by atoms with Crippen LogP contribution in [0.2, 0.25) is 0 Å². The number of nitro benzene ring substituents is 1. The number of nitro groups is 1. The maximum absolute atomic E-state index is 11.2. The third kappa shape index (κ3) is 6.03. The Balaban J connectivity index is 0.000000238. The predicted octanol–water partition coefficient (Wildman–Crippen LogP) is 4.44. The zero-order chi connectivity index (χ0) is 17.2. The van der Waals surface area contributed by atoms with E-state index in [9.17, 15) is 19.7 Å². The minimum atomic E-state index is -0.560. The van der Waals surface area contributed by atoms with Crippen molar-refractivity contribution >= 4 is 49.1 Å². The molecule has 0 saturated heterocycles. The van der Waals surface area contributed by atoms with Crippen LogP contribution in [0.15, 0.2) is 54.6 Å². The Morgan fingerprint density at radius 2 is 1.39 bits per heavy atom. The fourth-order valence-electron chi connectivity index (χ4n) is 1.64. The molecule has 0 aliphatic heterocycles. The van der Waals surface area contributed by atoms with Crippen molar-refractivity contribution < 1.29 is 14.5 Å². The number of alkyl halides is 2. The molecular weight excluding hydrogens is 430 g/mol. The second-order valence-corrected chi connectivity index (χ2v) is 5.38. The van der Waals surface area contributed by atoms with Gasteiger partial charge in [-0.25, -0.2) is 0 Å². The molecule has 7 heteroatoms. The summed E-state index contributed by atoms with van der Waals surface area (Å²) in [6.45, 7) is 0. The van der Waals surface area contributed by atoms with E-state index < -0.39 is 4.92 Å². The van der Waals surface area contributed by atoms with E-state index in [0.29, 0.717) is 5.33 Å². The van der Waals surface area contributed by atoms with Crippen molar-refractivity contribution in [1.29, 1.82) is 0 Å². The van der Waals surface area contributed by atoms with Crippen molar-refractivity contribution in [2.45, 2.75) is 0 Å². The lowest BCUT2D eigenvalue weighted by atomic mass is 10.1. The summed E-state index contributed by atoms with van der Waals surface area (Å²) < 4.78 is 0. The van der Waals surface area contributed by atoms with Gasteiger partial charge >= 0.3 is 0 Å². The van der Waals surface area contributed by atoms with Gasteiger partial charge in [0.1, 0.15) is 0 Å². The molecule has 0 amide bonds. The first-order chi connectivity index (χ1) is 11.0. The van der Waals surface area contributed by atoms with E-state index in [1.807, 2.05) is 30.3 Å². The number of para-hydroxylation sites is 1. The van der Waals surface area contributed by atoms with Crippen LogP contribution >= 0.6 is 31.9 Å². The molecule has 2 aromatic carbocycles. The van der Waals surface area contributed by atoms with Crippen LogP contribution in [0, 0.1) is 10.1 Å². The van der Waals surface area contributed by atoms with Crippen LogP contribution in [-0.2, 0) is 0 Å². The average Bonchev–Trinajstić information content (AvgIpc) is 2.61. The fraction of sp³-hybridized carbons (Fsp3) is 0.125. The summed E-state index contributed by atoms with van der Waals surface area (Å²) in [4.78, 5) is 32.1. The van der Waals surface area contributed by atoms with Crippen molar-refractivity contribution in [2.75, 3.05) is 10.7 Å². The molecular formula is C16H13Br2NO4. The molecule has 2 rings (SSSR count). The van der Waals surface area contributed by atoms with E-state index in [1.165, 1.54) is 18.2 Å². The number of nitrogens with zero attached hydrogens (tertiary/aromatic N) is 1. The van der Waals surface area contributed by atoms with Gasteiger partial charge in [0.2, 0.25) is 0 Å². The van der Waals surface area contributed by atoms with Crippen molar-refractivity contribution in [3.05, 3.63) is 75.8 Å². The number of ketones is 2. The average molecular weight is 443 g/mol. The molecule has 0 radical (unpaired) electrons. The highest BCUT2D eigenvalue weighted by Crippen LogP contribution is 2.18. The van der Waals surface area contributed by atoms with E-state index in [2.05, 4.69) is 31.9 Å². The maximum atomic E-state index is 11.2. The van der Waals surface area contributed by atoms with E-state index in [4.69, 9.17) is 0 Å². The minimum Gasteiger partial charge on any atom is -0.293 e. The standard InChI is InChI=1S/C8H6BrNO3.C8H7BrO/c9-5-8(11)6-3-1-2-4-7(6)10(12)13;9-6-8(10)7-4-2-1-3-5-7/h1-4H,5H2;1-5H,6H2. The Bertz CT molecular complexity index is 689. The summed E-state index contributed by atoms with van der Waals surface area (Å²) in [6, 6.07) is 15.1. The van der Waals surface area contributed by atoms with Crippen molar-refractivity contribution in [3.8, 4) is 0 Å². The van der Waals surface area contributed by atoms with E-state index >= 15 is 0 Å². The lowest BCUT2D eigenvalue weighted by Gasteiger charge is -1.97. The molecule has 120 valence electrons. The molecule has 0 spiro atoms. The van der Waals surface area contributed by atoms with Crippen LogP contribution in [0.25, 0.3) is 0 Å². The first kappa shape index (κ1) is 19.2. The van der Waals surface area contributed by atoms with Gasteiger partial charge in [0.05, 0.1) is 21.1 Å². The van der Waals surface area contributed by atoms with Crippen LogP contribution in [0.5, 0.6) is 0 Å². The van der Waals surface area contributed by atoms with Crippen molar-refractivity contribution in [3.63, 3.8) is 0 Å². The first-order valence-corrected chi connectivity index (χ1v) is 8.72. The molecule has 0 N–H and O–H groups in total. The number of Topliss-reactive ketones (excluding diaryl/α,β-unsaturated/α-hetero) is 2. The largest absolute Gasteiger partial charge is 0.293 e. The first-order valence-electron chi connectivity index (χ1n) is 6.48. The molecule has 0 unspecified atom stereocenters. The van der Waals surface area contributed by atoms with Crippen molar-refractivity contribution in [1.82, 2.24) is 0 Å². The van der Waals surface area contributed by atoms with Crippen LogP contribution in [-0.4, -0.2) is 27.1 Å². The van der Waals surface area contributed by atoms with Gasteiger partial charge in [-0.15, -0.1) is 0 Å². The number of halogens is 2. The number of hydrogen-bond donors (Lipinski definition) is 0. The quantitative estimate of drug-likeness (QED) is 0.297. The molecule has 0 saturated carbocycles. The molecule has 0 heterocycles. The molecule has 0 bridgehead atoms. The monoisotopic (exact) mass is 441 g/mol. The summed E-state index contributed by atoms with van der Waals surface area (Å²) in [6.07, 6.45) is 0. The highest BCUT2D eigenvalue weighted by molar-refractivity contribution is 9.09. The minimum absolute atomic E-state index is 0.0951. The normalized spacial score (nSPS) is 9.48. The zero-order valence-corrected chi connectivity index (χ0v) is 15.1. The number of carbonyl (C=O) groups is 2. The van der Waals surface area contributed by atoms with Gasteiger partial charge in [0, 0.05) is 11.6 Å². The van der Waals surface area contributed by atoms with Crippen LogP contribution < -0.4 is 0 Å². The molecule has 2 aromatic rings. The Kier molecular flexibility index (Phi) is 8.36. The predicted molar refractivity (Wildman–Crippen MR) is 95.8 cm³/mol. The summed E-state index contributed by atoms with van der Waals surface area (Å²) in [5.41, 5.74) is 0.760. The highest BCUT2D eigenvalue weighted by Gasteiger charge is 2.17. The third-order valence-electron chi connectivity index (χ3n) is 2.74. The summed E-state index contributed by atoms with van der Waals surface area (Å²) in [5.74, 6) is -0.159. The van der Waals surface area contributed by atoms with Gasteiger partial charge < -0.3 is 0 Å². The SMILES string of the molecule is O=C(CBr)c1ccccc1.O=C(CBr)c1ccccc1[N+](=O)[O-]. The lowest BCUT2D eigenvalue weighted by molar-refractivity contribution is -0.385. The second-order valence-electron chi connectivity index (χ2n) is 4.25. The number of carbonyl (C=O) groups excluding carboxylic acids is 2. The topological polar surface area (TPSA) is 77.3 Å². The van der Waals surface area contributed by atoms with Crippen LogP contribution in [0.3, 0.4) is 0 Å². The Hall–Kier alpha value is -1.86. The number of rotatable bonds is 5. The van der Waals surface area contributed by atoms with Gasteiger partial charge in [-0.05, 0) is 6.07 Å². The van der Waals surface area contributed by atoms with Crippen molar-refractivity contribution in [2.24, 2.45) is 0 Å². The van der Waals surface area contributed by atoms with Gasteiger partial charge in [-0.3, -0.25) is 19.7 Å². The van der Waals surface area contributed by atoms with Gasteiger partial charge in [0.15, 0.2) is 11.6 Å². The Labute approximate surface area is 150 Å². The summed E-state index contributed by atoms with van der Waals surface area (Å²) in [5, 5.41) is 11.0. The van der Waals surface area contributed by atoms with E-state index in [0.717, 1.165) is 5.56 Å². The smallest absolute Gasteiger partial charge is 0.280 e. The number of benzene rings is 2. The second kappa shape index (κ2) is 10.0. The number of hydrogen-bond acceptors (Lipinski definition) is 4. The van der Waals surface area contributed by atoms with E-state index in [1.54, 1.807) is 6.07 Å². The summed E-state index contributed by atoms with van der Waals surface area (Å²) >= 11 is 6.06. The molecule has 5 nitrogen and oxygen atoms in total. The molecule has 0 fully saturated rings. The van der Waals surface area contributed by atoms with Crippen LogP contribution in [0.4, 0.5) is 5.69 Å². The molecule has 0 aliphatic rings. The molecule has 23 heavy (non-hydrogen) atoms. The zero-order valence-electron chi connectivity index (χ0n) is 11.9. The molecule has 0 aromatic heterocycles.